The number of benzene rings is 1. The number of hydrogen-bond donors (Lipinski definition) is 1. The minimum atomic E-state index is -4.59. The van der Waals surface area contributed by atoms with Gasteiger partial charge in [0.2, 0.25) is 5.88 Å². The number of sulfone groups is 1. The molecular formula is C20H22F3NO4S. The van der Waals surface area contributed by atoms with Gasteiger partial charge in [0.05, 0.1) is 16.1 Å². The zero-order valence-corrected chi connectivity index (χ0v) is 16.8. The molecule has 158 valence electrons. The summed E-state index contributed by atoms with van der Waals surface area (Å²) in [6, 6.07) is 6.41. The Kier molecular flexibility index (Phi) is 5.66. The average Bonchev–Trinajstić information content (AvgIpc) is 2.62. The van der Waals surface area contributed by atoms with Crippen molar-refractivity contribution >= 4 is 9.84 Å². The van der Waals surface area contributed by atoms with E-state index in [1.807, 2.05) is 0 Å². The Morgan fingerprint density at radius 1 is 1.21 bits per heavy atom. The molecule has 2 atom stereocenters. The number of halogens is 3. The molecule has 0 saturated heterocycles. The van der Waals surface area contributed by atoms with Gasteiger partial charge in [0.1, 0.15) is 6.10 Å². The highest BCUT2D eigenvalue weighted by Crippen LogP contribution is 2.38. The minimum absolute atomic E-state index is 0.0303. The number of rotatable bonds is 4. The lowest BCUT2D eigenvalue weighted by Gasteiger charge is -2.37. The summed E-state index contributed by atoms with van der Waals surface area (Å²) < 4.78 is 68.8. The zero-order chi connectivity index (χ0) is 21.4. The van der Waals surface area contributed by atoms with Crippen LogP contribution in [0.15, 0.2) is 41.4 Å². The van der Waals surface area contributed by atoms with E-state index in [1.54, 1.807) is 6.92 Å². The lowest BCUT2D eigenvalue weighted by molar-refractivity contribution is -0.137. The normalized spacial score (nSPS) is 23.0. The smallest absolute Gasteiger partial charge is 0.417 e. The van der Waals surface area contributed by atoms with E-state index in [0.717, 1.165) is 25.2 Å². The second kappa shape index (κ2) is 7.60. The van der Waals surface area contributed by atoms with Crippen molar-refractivity contribution in [2.45, 2.75) is 55.4 Å². The highest BCUT2D eigenvalue weighted by Gasteiger charge is 2.38. The topological polar surface area (TPSA) is 76.5 Å². The molecule has 5 nitrogen and oxygen atoms in total. The molecule has 1 fully saturated rings. The molecule has 1 aromatic carbocycles. The standard InChI is InChI=1S/C20H22F3NO4S/c1-19(25)10-4-3-5-17(19)28-18-16(11-14(12-24-18)20(21,22)23)13-6-8-15(9-7-13)29(2,26)27/h6-9,11-12,17,25H,3-5,10H2,1-2H3/t17-,19-/m1/s1. The van der Waals surface area contributed by atoms with Gasteiger partial charge in [-0.1, -0.05) is 18.6 Å². The Morgan fingerprint density at radius 2 is 1.86 bits per heavy atom. The second-order valence-corrected chi connectivity index (χ2v) is 9.60. The summed E-state index contributed by atoms with van der Waals surface area (Å²) in [5, 5.41) is 10.6. The number of aliphatic hydroxyl groups is 1. The van der Waals surface area contributed by atoms with Crippen molar-refractivity contribution in [2.75, 3.05) is 6.26 Å². The Hall–Kier alpha value is -2.13. The monoisotopic (exact) mass is 429 g/mol. The van der Waals surface area contributed by atoms with Gasteiger partial charge in [-0.2, -0.15) is 13.2 Å². The molecule has 1 aliphatic rings. The lowest BCUT2D eigenvalue weighted by Crippen LogP contribution is -2.45. The molecule has 1 saturated carbocycles. The molecule has 0 amide bonds. The van der Waals surface area contributed by atoms with E-state index in [2.05, 4.69) is 4.98 Å². The first-order valence-electron chi connectivity index (χ1n) is 9.15. The van der Waals surface area contributed by atoms with Crippen molar-refractivity contribution in [3.63, 3.8) is 0 Å². The Morgan fingerprint density at radius 3 is 2.41 bits per heavy atom. The summed E-state index contributed by atoms with van der Waals surface area (Å²) in [4.78, 5) is 3.94. The van der Waals surface area contributed by atoms with Gasteiger partial charge >= 0.3 is 6.18 Å². The summed E-state index contributed by atoms with van der Waals surface area (Å²) in [7, 11) is -3.44. The number of alkyl halides is 3. The van der Waals surface area contributed by atoms with Crippen LogP contribution in [0.4, 0.5) is 13.2 Å². The van der Waals surface area contributed by atoms with Crippen molar-refractivity contribution in [1.29, 1.82) is 0 Å². The van der Waals surface area contributed by atoms with Crippen LogP contribution in [-0.2, 0) is 16.0 Å². The SMILES string of the molecule is C[C@@]1(O)CCCC[C@H]1Oc1ncc(C(F)(F)F)cc1-c1ccc(S(C)(=O)=O)cc1. The third kappa shape index (κ3) is 4.90. The number of ether oxygens (including phenoxy) is 1. The highest BCUT2D eigenvalue weighted by molar-refractivity contribution is 7.90. The van der Waals surface area contributed by atoms with E-state index in [9.17, 15) is 26.7 Å². The molecule has 1 aromatic heterocycles. The molecule has 2 aromatic rings. The summed E-state index contributed by atoms with van der Waals surface area (Å²) in [5.74, 6) is -0.0303. The number of nitrogens with zero attached hydrogens (tertiary/aromatic N) is 1. The van der Waals surface area contributed by atoms with E-state index < -0.39 is 33.3 Å². The van der Waals surface area contributed by atoms with Crippen molar-refractivity contribution in [3.8, 4) is 17.0 Å². The molecule has 29 heavy (non-hydrogen) atoms. The first kappa shape index (κ1) is 21.6. The molecule has 1 heterocycles. The summed E-state index contributed by atoms with van der Waals surface area (Å²) in [6.07, 6.45) is -0.696. The average molecular weight is 429 g/mol. The van der Waals surface area contributed by atoms with Crippen LogP contribution in [0.3, 0.4) is 0 Å². The van der Waals surface area contributed by atoms with Crippen molar-refractivity contribution in [2.24, 2.45) is 0 Å². The summed E-state index contributed by atoms with van der Waals surface area (Å²) in [6.45, 7) is 1.64. The van der Waals surface area contributed by atoms with Gasteiger partial charge in [0.15, 0.2) is 9.84 Å². The van der Waals surface area contributed by atoms with Crippen LogP contribution in [0.5, 0.6) is 5.88 Å². The van der Waals surface area contributed by atoms with Crippen LogP contribution in [-0.4, -0.2) is 36.5 Å². The quantitative estimate of drug-likeness (QED) is 0.787. The molecule has 9 heteroatoms. The fraction of sp³-hybridized carbons (Fsp3) is 0.450. The zero-order valence-electron chi connectivity index (χ0n) is 16.0. The van der Waals surface area contributed by atoms with E-state index in [1.165, 1.54) is 24.3 Å². The first-order chi connectivity index (χ1) is 13.4. The molecule has 1 N–H and O–H groups in total. The van der Waals surface area contributed by atoms with Crippen LogP contribution in [0, 0.1) is 0 Å². The fourth-order valence-electron chi connectivity index (χ4n) is 3.39. The Labute approximate surface area is 167 Å². The number of pyridine rings is 1. The lowest BCUT2D eigenvalue weighted by atomic mass is 9.83. The maximum Gasteiger partial charge on any atom is 0.417 e. The minimum Gasteiger partial charge on any atom is -0.471 e. The summed E-state index contributed by atoms with van der Waals surface area (Å²) >= 11 is 0. The molecule has 0 spiro atoms. The third-order valence-electron chi connectivity index (χ3n) is 5.12. The van der Waals surface area contributed by atoms with Crippen LogP contribution in [0.1, 0.15) is 38.2 Å². The predicted molar refractivity (Wildman–Crippen MR) is 101 cm³/mol. The van der Waals surface area contributed by atoms with Gasteiger partial charge in [-0.25, -0.2) is 13.4 Å². The van der Waals surface area contributed by atoms with Gasteiger partial charge < -0.3 is 9.84 Å². The predicted octanol–water partition coefficient (Wildman–Crippen LogP) is 4.24. The van der Waals surface area contributed by atoms with Crippen LogP contribution >= 0.6 is 0 Å². The Bertz CT molecular complexity index is 986. The maximum absolute atomic E-state index is 13.2. The van der Waals surface area contributed by atoms with Gasteiger partial charge in [0, 0.05) is 18.0 Å². The molecule has 0 radical (unpaired) electrons. The van der Waals surface area contributed by atoms with E-state index in [4.69, 9.17) is 4.74 Å². The molecule has 0 bridgehead atoms. The van der Waals surface area contributed by atoms with Crippen LogP contribution in [0.25, 0.3) is 11.1 Å². The number of hydrogen-bond acceptors (Lipinski definition) is 5. The molecule has 3 rings (SSSR count). The molecular weight excluding hydrogens is 407 g/mol. The largest absolute Gasteiger partial charge is 0.471 e. The van der Waals surface area contributed by atoms with E-state index >= 15 is 0 Å². The maximum atomic E-state index is 13.2. The van der Waals surface area contributed by atoms with Gasteiger partial charge in [-0.05, 0) is 49.9 Å². The van der Waals surface area contributed by atoms with Crippen molar-refractivity contribution < 1.29 is 31.4 Å². The Balaban J connectivity index is 2.05. The van der Waals surface area contributed by atoms with Gasteiger partial charge in [-0.15, -0.1) is 0 Å². The van der Waals surface area contributed by atoms with Gasteiger partial charge in [-0.3, -0.25) is 0 Å². The van der Waals surface area contributed by atoms with Crippen molar-refractivity contribution in [1.82, 2.24) is 4.98 Å². The van der Waals surface area contributed by atoms with Crippen LogP contribution in [0.2, 0.25) is 0 Å². The molecule has 1 aliphatic carbocycles. The van der Waals surface area contributed by atoms with Crippen LogP contribution < -0.4 is 4.74 Å². The van der Waals surface area contributed by atoms with E-state index in [0.29, 0.717) is 24.6 Å². The first-order valence-corrected chi connectivity index (χ1v) is 11.0. The number of aromatic nitrogens is 1. The summed E-state index contributed by atoms with van der Waals surface area (Å²) in [5.41, 5.74) is -1.63. The molecule has 0 unspecified atom stereocenters. The second-order valence-electron chi connectivity index (χ2n) is 7.58. The van der Waals surface area contributed by atoms with Gasteiger partial charge in [0.25, 0.3) is 0 Å². The fourth-order valence-corrected chi connectivity index (χ4v) is 4.03. The molecule has 0 aliphatic heterocycles. The highest BCUT2D eigenvalue weighted by atomic mass is 32.2. The van der Waals surface area contributed by atoms with Crippen molar-refractivity contribution in [3.05, 3.63) is 42.1 Å². The third-order valence-corrected chi connectivity index (χ3v) is 6.25. The van der Waals surface area contributed by atoms with E-state index in [-0.39, 0.29) is 16.3 Å².